The van der Waals surface area contributed by atoms with Crippen molar-refractivity contribution in [1.29, 1.82) is 0 Å². The molecule has 0 radical (unpaired) electrons. The third kappa shape index (κ3) is 9.70. The van der Waals surface area contributed by atoms with E-state index < -0.39 is 34.9 Å². The number of nitrogens with zero attached hydrogens (tertiary/aromatic N) is 2. The van der Waals surface area contributed by atoms with Crippen LogP contribution in [0.1, 0.15) is 63.6 Å². The van der Waals surface area contributed by atoms with Crippen molar-refractivity contribution in [2.75, 3.05) is 13.2 Å². The largest absolute Gasteiger partial charge is 0.450 e. The van der Waals surface area contributed by atoms with Crippen LogP contribution in [0.15, 0.2) is 29.8 Å². The number of carbonyl (C=O) groups is 4. The Morgan fingerprint density at radius 3 is 2.50 bits per heavy atom. The number of likely N-dealkylation sites (tertiary alicyclic amines) is 1. The molecule has 2 aromatic rings. The van der Waals surface area contributed by atoms with Crippen molar-refractivity contribution in [2.24, 2.45) is 5.73 Å². The molecule has 1 aromatic heterocycles. The van der Waals surface area contributed by atoms with E-state index in [2.05, 4.69) is 33.0 Å². The van der Waals surface area contributed by atoms with Crippen LogP contribution in [-0.4, -0.2) is 74.9 Å². The highest BCUT2D eigenvalue weighted by atomic mass is 32.1. The van der Waals surface area contributed by atoms with E-state index in [4.69, 9.17) is 5.73 Å². The van der Waals surface area contributed by atoms with Gasteiger partial charge in [0.15, 0.2) is 0 Å². The van der Waals surface area contributed by atoms with Crippen LogP contribution in [0.3, 0.4) is 0 Å². The third-order valence-corrected chi connectivity index (χ3v) is 8.33. The second-order valence-corrected chi connectivity index (χ2v) is 13.1. The molecular weight excluding hydrogens is 578 g/mol. The molecule has 0 aliphatic carbocycles. The summed E-state index contributed by atoms with van der Waals surface area (Å²) in [5.74, 6) is -1.14. The van der Waals surface area contributed by atoms with Crippen molar-refractivity contribution in [3.05, 3.63) is 41.0 Å². The number of nitrogens with one attached hydrogen (secondary N) is 2. The van der Waals surface area contributed by atoms with E-state index in [0.29, 0.717) is 12.8 Å². The van der Waals surface area contributed by atoms with Crippen LogP contribution in [-0.2, 0) is 25.7 Å². The molecule has 11 nitrogen and oxygen atoms in total. The molecule has 1 unspecified atom stereocenters. The molecule has 3 atom stereocenters. The zero-order valence-corrected chi connectivity index (χ0v) is 26.0. The molecule has 1 saturated heterocycles. The summed E-state index contributed by atoms with van der Waals surface area (Å²) in [6, 6.07) is 5.97. The number of aromatic nitrogens is 1. The highest BCUT2D eigenvalue weighted by molar-refractivity contribution is 7.81. The third-order valence-electron chi connectivity index (χ3n) is 7.09. The van der Waals surface area contributed by atoms with Crippen molar-refractivity contribution < 1.29 is 29.0 Å². The lowest BCUT2D eigenvalue weighted by Gasteiger charge is -2.34. The molecule has 1 fully saturated rings. The summed E-state index contributed by atoms with van der Waals surface area (Å²) in [7, 11) is 0. The maximum Gasteiger partial charge on any atom is 0.404 e. The number of thiol groups is 1. The lowest BCUT2D eigenvalue weighted by atomic mass is 10.00. The van der Waals surface area contributed by atoms with E-state index in [-0.39, 0.29) is 44.4 Å². The van der Waals surface area contributed by atoms with Gasteiger partial charge in [-0.2, -0.15) is 12.6 Å². The Kier molecular flexibility index (Phi) is 12.2. The zero-order valence-electron chi connectivity index (χ0n) is 24.3. The van der Waals surface area contributed by atoms with Gasteiger partial charge in [0.25, 0.3) is 0 Å². The average molecular weight is 620 g/mol. The number of amides is 4. The zero-order chi connectivity index (χ0) is 30.9. The first-order valence-electron chi connectivity index (χ1n) is 14.1. The minimum absolute atomic E-state index is 0.0105. The predicted octanol–water partition coefficient (Wildman–Crippen LogP) is 2.94. The van der Waals surface area contributed by atoms with Crippen LogP contribution in [0, 0.1) is 6.92 Å². The summed E-state index contributed by atoms with van der Waals surface area (Å²) in [4.78, 5) is 56.9. The van der Waals surface area contributed by atoms with E-state index in [1.165, 1.54) is 4.90 Å². The van der Waals surface area contributed by atoms with E-state index in [9.17, 15) is 24.3 Å². The summed E-state index contributed by atoms with van der Waals surface area (Å²) in [5.41, 5.74) is 9.65. The number of β-amino-alcohol motifs (C(OH)–C–C–N with tert-alkyl or cyclic N) is 1. The normalized spacial score (nSPS) is 17.5. The second-order valence-electron chi connectivity index (χ2n) is 11.1. The monoisotopic (exact) mass is 619 g/mol. The van der Waals surface area contributed by atoms with Gasteiger partial charge in [-0.25, -0.2) is 9.78 Å². The molecule has 0 saturated carbocycles. The lowest BCUT2D eigenvalue weighted by molar-refractivity contribution is -0.142. The number of nitrogens with two attached hydrogens (primary N) is 1. The van der Waals surface area contributed by atoms with Gasteiger partial charge in [-0.1, -0.05) is 37.1 Å². The van der Waals surface area contributed by atoms with Gasteiger partial charge in [-0.15, -0.1) is 11.3 Å². The van der Waals surface area contributed by atoms with Crippen LogP contribution in [0.5, 0.6) is 0 Å². The molecule has 4 amide bonds. The average Bonchev–Trinajstić information content (AvgIpc) is 3.54. The molecule has 230 valence electrons. The Balaban J connectivity index is 1.55. The molecule has 13 heteroatoms. The minimum atomic E-state index is -0.999. The van der Waals surface area contributed by atoms with E-state index in [0.717, 1.165) is 34.5 Å². The van der Waals surface area contributed by atoms with E-state index >= 15 is 0 Å². The summed E-state index contributed by atoms with van der Waals surface area (Å²) in [5, 5.41) is 16.1. The standard InChI is InChI=1S/C29H41N5O6S2/c1-18-24(42-17-32-18)20-11-9-19(10-12-20)15-31-26(37)22-14-21(35)16-34(22)27(38)25(29(2,3)41)33-23(36)8-6-4-5-7-13-40-28(30)39/h9-12,17,21-22,25,35,41H,4-8,13-16H2,1-3H3,(H2,30,39)(H,31,37)(H,33,36)/t21-,22+,25?/m1/s1. The van der Waals surface area contributed by atoms with Gasteiger partial charge in [-0.3, -0.25) is 14.4 Å². The quantitative estimate of drug-likeness (QED) is 0.160. The highest BCUT2D eigenvalue weighted by Crippen LogP contribution is 2.28. The number of carbonyl (C=O) groups excluding carboxylic acids is 4. The molecule has 0 bridgehead atoms. The Bertz CT molecular complexity index is 1230. The number of rotatable bonds is 14. The first-order chi connectivity index (χ1) is 19.9. The van der Waals surface area contributed by atoms with Gasteiger partial charge in [0.1, 0.15) is 12.1 Å². The smallest absolute Gasteiger partial charge is 0.404 e. The number of aliphatic hydroxyl groups excluding tert-OH is 1. The number of aryl methyl sites for hydroxylation is 1. The predicted molar refractivity (Wildman–Crippen MR) is 164 cm³/mol. The fourth-order valence-electron chi connectivity index (χ4n) is 4.82. The maximum absolute atomic E-state index is 13.7. The molecule has 5 N–H and O–H groups in total. The SMILES string of the molecule is Cc1ncsc1-c1ccc(CNC(=O)[C@@H]2C[C@@H](O)CN2C(=O)C(NC(=O)CCCCCCOC(N)=O)C(C)(C)S)cc1. The van der Waals surface area contributed by atoms with Crippen LogP contribution in [0.2, 0.25) is 0 Å². The van der Waals surface area contributed by atoms with Gasteiger partial charge in [0.2, 0.25) is 17.7 Å². The van der Waals surface area contributed by atoms with Crippen LogP contribution >= 0.6 is 24.0 Å². The van der Waals surface area contributed by atoms with Crippen molar-refractivity contribution in [3.63, 3.8) is 0 Å². The Hall–Kier alpha value is -3.16. The first-order valence-corrected chi connectivity index (χ1v) is 15.4. The molecule has 1 aliphatic rings. The van der Waals surface area contributed by atoms with Gasteiger partial charge in [0.05, 0.1) is 28.8 Å². The van der Waals surface area contributed by atoms with Gasteiger partial charge in [-0.05, 0) is 44.7 Å². The Labute approximate surface area is 256 Å². The topological polar surface area (TPSA) is 164 Å². The summed E-state index contributed by atoms with van der Waals surface area (Å²) in [6.45, 7) is 5.89. The molecule has 0 spiro atoms. The molecule has 1 aliphatic heterocycles. The number of ether oxygens (including phenoxy) is 1. The van der Waals surface area contributed by atoms with Crippen LogP contribution < -0.4 is 16.4 Å². The molecule has 3 rings (SSSR count). The number of primary amides is 1. The van der Waals surface area contributed by atoms with Gasteiger partial charge < -0.3 is 31.1 Å². The molecular formula is C29H41N5O6S2. The van der Waals surface area contributed by atoms with Crippen molar-refractivity contribution in [3.8, 4) is 10.4 Å². The second kappa shape index (κ2) is 15.4. The highest BCUT2D eigenvalue weighted by Gasteiger charge is 2.44. The molecule has 42 heavy (non-hydrogen) atoms. The summed E-state index contributed by atoms with van der Waals surface area (Å²) >= 11 is 6.14. The fraction of sp³-hybridized carbons (Fsp3) is 0.552. The number of hydrogen-bond acceptors (Lipinski definition) is 9. The van der Waals surface area contributed by atoms with Crippen LogP contribution in [0.4, 0.5) is 4.79 Å². The molecule has 1 aromatic carbocycles. The van der Waals surface area contributed by atoms with Gasteiger partial charge in [0, 0.05) is 30.7 Å². The summed E-state index contributed by atoms with van der Waals surface area (Å²) in [6.07, 6.45) is 1.39. The fourth-order valence-corrected chi connectivity index (χ4v) is 5.81. The Morgan fingerprint density at radius 2 is 1.88 bits per heavy atom. The first kappa shape index (κ1) is 33.3. The number of benzene rings is 1. The summed E-state index contributed by atoms with van der Waals surface area (Å²) < 4.78 is 3.76. The minimum Gasteiger partial charge on any atom is -0.450 e. The Morgan fingerprint density at radius 1 is 1.19 bits per heavy atom. The number of thiazole rings is 1. The number of aliphatic hydroxyl groups is 1. The maximum atomic E-state index is 13.7. The van der Waals surface area contributed by atoms with Crippen molar-refractivity contribution in [1.82, 2.24) is 20.5 Å². The van der Waals surface area contributed by atoms with Gasteiger partial charge >= 0.3 is 6.09 Å². The lowest BCUT2D eigenvalue weighted by Crippen LogP contribution is -2.59. The van der Waals surface area contributed by atoms with E-state index in [1.807, 2.05) is 36.7 Å². The van der Waals surface area contributed by atoms with Crippen LogP contribution in [0.25, 0.3) is 10.4 Å². The van der Waals surface area contributed by atoms with E-state index in [1.54, 1.807) is 25.2 Å². The number of unbranched alkanes of at least 4 members (excludes halogenated alkanes) is 3. The van der Waals surface area contributed by atoms with Crippen molar-refractivity contribution >= 4 is 47.8 Å². The number of hydrogen-bond donors (Lipinski definition) is 5. The molecule has 2 heterocycles. The van der Waals surface area contributed by atoms with Crippen molar-refractivity contribution in [2.45, 2.75) is 88.8 Å².